The third-order valence-corrected chi connectivity index (χ3v) is 4.64. The number of aromatic nitrogens is 4. The second-order valence-electron chi connectivity index (χ2n) is 6.46. The molecule has 0 N–H and O–H groups in total. The lowest BCUT2D eigenvalue weighted by atomic mass is 10.1. The maximum absolute atomic E-state index is 13.1. The zero-order chi connectivity index (χ0) is 16.9. The van der Waals surface area contributed by atoms with Crippen molar-refractivity contribution < 1.29 is 4.39 Å². The van der Waals surface area contributed by atoms with E-state index in [1.807, 2.05) is 4.68 Å². The van der Waals surface area contributed by atoms with E-state index in [9.17, 15) is 4.39 Å². The van der Waals surface area contributed by atoms with Gasteiger partial charge in [-0.3, -0.25) is 4.90 Å². The topological polar surface area (TPSA) is 50.1 Å². The molecule has 1 aromatic heterocycles. The minimum Gasteiger partial charge on any atom is -0.304 e. The van der Waals surface area contributed by atoms with Crippen LogP contribution in [0.5, 0.6) is 0 Å². The number of rotatable bonds is 6. The van der Waals surface area contributed by atoms with Crippen molar-refractivity contribution in [2.75, 3.05) is 33.2 Å². The summed E-state index contributed by atoms with van der Waals surface area (Å²) in [5, 5.41) is 12.4. The van der Waals surface area contributed by atoms with Gasteiger partial charge in [-0.25, -0.2) is 9.07 Å². The predicted molar refractivity (Wildman–Crippen MR) is 90.0 cm³/mol. The molecule has 1 fully saturated rings. The molecule has 0 amide bonds. The molecule has 3 rings (SSSR count). The molecule has 130 valence electrons. The van der Waals surface area contributed by atoms with Crippen LogP contribution in [0.25, 0.3) is 0 Å². The van der Waals surface area contributed by atoms with Crippen molar-refractivity contribution in [3.8, 4) is 0 Å². The van der Waals surface area contributed by atoms with Crippen LogP contribution in [0.15, 0.2) is 24.3 Å². The Labute approximate surface area is 142 Å². The molecule has 24 heavy (non-hydrogen) atoms. The van der Waals surface area contributed by atoms with E-state index in [-0.39, 0.29) is 11.9 Å². The van der Waals surface area contributed by atoms with E-state index >= 15 is 0 Å². The highest BCUT2D eigenvalue weighted by Crippen LogP contribution is 2.25. The summed E-state index contributed by atoms with van der Waals surface area (Å²) in [5.74, 6) is 0.683. The molecular formula is C17H25FN6. The van der Waals surface area contributed by atoms with Gasteiger partial charge in [-0.05, 0) is 41.6 Å². The Balaban J connectivity index is 1.78. The van der Waals surface area contributed by atoms with Crippen molar-refractivity contribution in [1.82, 2.24) is 30.0 Å². The average Bonchev–Trinajstić information content (AvgIpc) is 3.03. The van der Waals surface area contributed by atoms with E-state index in [4.69, 9.17) is 0 Å². The van der Waals surface area contributed by atoms with Gasteiger partial charge in [-0.15, -0.1) is 5.10 Å². The van der Waals surface area contributed by atoms with Gasteiger partial charge in [0.2, 0.25) is 0 Å². The molecule has 6 nitrogen and oxygen atoms in total. The van der Waals surface area contributed by atoms with Crippen LogP contribution >= 0.6 is 0 Å². The summed E-state index contributed by atoms with van der Waals surface area (Å²) < 4.78 is 14.9. The summed E-state index contributed by atoms with van der Waals surface area (Å²) in [4.78, 5) is 4.83. The molecule has 1 aliphatic heterocycles. The van der Waals surface area contributed by atoms with Gasteiger partial charge in [0.1, 0.15) is 5.82 Å². The fourth-order valence-corrected chi connectivity index (χ4v) is 3.21. The number of tetrazole rings is 1. The molecule has 7 heteroatoms. The molecule has 0 spiro atoms. The number of halogens is 1. The number of nitrogens with zero attached hydrogens (tertiary/aromatic N) is 6. The zero-order valence-corrected chi connectivity index (χ0v) is 14.4. The first-order valence-electron chi connectivity index (χ1n) is 8.60. The van der Waals surface area contributed by atoms with Gasteiger partial charge < -0.3 is 4.90 Å². The largest absolute Gasteiger partial charge is 0.304 e. The van der Waals surface area contributed by atoms with Gasteiger partial charge in [0.05, 0.1) is 12.6 Å². The quantitative estimate of drug-likeness (QED) is 0.809. The van der Waals surface area contributed by atoms with Crippen LogP contribution in [0, 0.1) is 5.82 Å². The summed E-state index contributed by atoms with van der Waals surface area (Å²) in [7, 11) is 2.16. The molecule has 0 unspecified atom stereocenters. The van der Waals surface area contributed by atoms with E-state index in [0.29, 0.717) is 6.54 Å². The Bertz CT molecular complexity index is 633. The first-order chi connectivity index (χ1) is 11.7. The Morgan fingerprint density at radius 3 is 2.50 bits per heavy atom. The van der Waals surface area contributed by atoms with Crippen molar-refractivity contribution in [3.63, 3.8) is 0 Å². The second-order valence-corrected chi connectivity index (χ2v) is 6.46. The van der Waals surface area contributed by atoms with Crippen LogP contribution in [0.3, 0.4) is 0 Å². The van der Waals surface area contributed by atoms with Crippen LogP contribution in [-0.4, -0.2) is 63.2 Å². The van der Waals surface area contributed by atoms with E-state index in [2.05, 4.69) is 39.3 Å². The molecule has 1 atom stereocenters. The Hall–Kier alpha value is -1.86. The van der Waals surface area contributed by atoms with Gasteiger partial charge >= 0.3 is 0 Å². The van der Waals surface area contributed by atoms with E-state index < -0.39 is 0 Å². The van der Waals surface area contributed by atoms with Gasteiger partial charge in [-0.2, -0.15) is 0 Å². The van der Waals surface area contributed by atoms with Crippen molar-refractivity contribution >= 4 is 0 Å². The summed E-state index contributed by atoms with van der Waals surface area (Å²) in [6, 6.07) is 6.75. The molecule has 0 saturated carbocycles. The third-order valence-electron chi connectivity index (χ3n) is 4.64. The zero-order valence-electron chi connectivity index (χ0n) is 14.4. The number of likely N-dealkylation sites (N-methyl/N-ethyl adjacent to an activating group) is 1. The molecule has 0 aliphatic carbocycles. The monoisotopic (exact) mass is 332 g/mol. The lowest BCUT2D eigenvalue weighted by molar-refractivity contribution is 0.0996. The SMILES string of the molecule is CCC[C@@H](c1nnnn1Cc1ccc(F)cc1)N1CCN(C)CC1. The highest BCUT2D eigenvalue weighted by molar-refractivity contribution is 5.16. The molecule has 0 bridgehead atoms. The number of hydrogen-bond acceptors (Lipinski definition) is 5. The van der Waals surface area contributed by atoms with Crippen LogP contribution in [0.2, 0.25) is 0 Å². The van der Waals surface area contributed by atoms with Crippen LogP contribution < -0.4 is 0 Å². The molecule has 2 aromatic rings. The van der Waals surface area contributed by atoms with E-state index in [1.54, 1.807) is 12.1 Å². The summed E-state index contributed by atoms with van der Waals surface area (Å²) in [6.45, 7) is 6.96. The van der Waals surface area contributed by atoms with E-state index in [1.165, 1.54) is 12.1 Å². The maximum Gasteiger partial charge on any atom is 0.168 e. The smallest absolute Gasteiger partial charge is 0.168 e. The van der Waals surface area contributed by atoms with Gasteiger partial charge in [0.25, 0.3) is 0 Å². The standard InChI is InChI=1S/C17H25FN6/c1-3-4-16(23-11-9-22(2)10-12-23)17-19-20-21-24(17)13-14-5-7-15(18)8-6-14/h5-8,16H,3-4,9-13H2,1-2H3/t16-/m0/s1. The summed E-state index contributed by atoms with van der Waals surface area (Å²) >= 11 is 0. The Morgan fingerprint density at radius 2 is 1.83 bits per heavy atom. The van der Waals surface area contributed by atoms with Crippen LogP contribution in [0.4, 0.5) is 4.39 Å². The first-order valence-corrected chi connectivity index (χ1v) is 8.60. The predicted octanol–water partition coefficient (Wildman–Crippen LogP) is 1.95. The van der Waals surface area contributed by atoms with Crippen molar-refractivity contribution in [3.05, 3.63) is 41.5 Å². The second kappa shape index (κ2) is 7.81. The lowest BCUT2D eigenvalue weighted by Crippen LogP contribution is -2.46. The Kier molecular flexibility index (Phi) is 5.52. The van der Waals surface area contributed by atoms with Gasteiger partial charge in [0.15, 0.2) is 5.82 Å². The van der Waals surface area contributed by atoms with Crippen LogP contribution in [0.1, 0.15) is 37.2 Å². The first kappa shape index (κ1) is 17.0. The lowest BCUT2D eigenvalue weighted by Gasteiger charge is -2.37. The highest BCUT2D eigenvalue weighted by Gasteiger charge is 2.27. The average molecular weight is 332 g/mol. The number of benzene rings is 1. The molecule has 1 aliphatic rings. The molecule has 1 saturated heterocycles. The minimum absolute atomic E-state index is 0.225. The highest BCUT2D eigenvalue weighted by atomic mass is 19.1. The summed E-state index contributed by atoms with van der Waals surface area (Å²) in [5.41, 5.74) is 0.999. The third kappa shape index (κ3) is 3.96. The molecule has 1 aromatic carbocycles. The maximum atomic E-state index is 13.1. The number of hydrogen-bond donors (Lipinski definition) is 0. The van der Waals surface area contributed by atoms with Crippen LogP contribution in [-0.2, 0) is 6.54 Å². The summed E-state index contributed by atoms with van der Waals surface area (Å²) in [6.07, 6.45) is 2.12. The van der Waals surface area contributed by atoms with E-state index in [0.717, 1.165) is 50.4 Å². The Morgan fingerprint density at radius 1 is 1.12 bits per heavy atom. The molecule has 2 heterocycles. The molecular weight excluding hydrogens is 307 g/mol. The minimum atomic E-state index is -0.225. The van der Waals surface area contributed by atoms with Crippen molar-refractivity contribution in [2.24, 2.45) is 0 Å². The van der Waals surface area contributed by atoms with Gasteiger partial charge in [-0.1, -0.05) is 25.5 Å². The molecule has 0 radical (unpaired) electrons. The van der Waals surface area contributed by atoms with Gasteiger partial charge in [0, 0.05) is 26.2 Å². The fourth-order valence-electron chi connectivity index (χ4n) is 3.21. The van der Waals surface area contributed by atoms with Crippen molar-refractivity contribution in [2.45, 2.75) is 32.4 Å². The van der Waals surface area contributed by atoms with Crippen molar-refractivity contribution in [1.29, 1.82) is 0 Å². The number of piperazine rings is 1. The fraction of sp³-hybridized carbons (Fsp3) is 0.588. The normalized spacial score (nSPS) is 18.0.